The number of rotatable bonds is 3. The van der Waals surface area contributed by atoms with Crippen molar-refractivity contribution in [3.05, 3.63) is 29.3 Å². The molecule has 1 amide bonds. The highest BCUT2D eigenvalue weighted by atomic mass is 35.5. The van der Waals surface area contributed by atoms with Crippen LogP contribution in [0.1, 0.15) is 20.3 Å². The number of hydrogen-bond acceptors (Lipinski definition) is 4. The number of amides is 1. The van der Waals surface area contributed by atoms with Gasteiger partial charge in [-0.2, -0.15) is 4.99 Å². The number of anilines is 1. The van der Waals surface area contributed by atoms with Crippen molar-refractivity contribution in [2.24, 2.45) is 10.9 Å². The van der Waals surface area contributed by atoms with Gasteiger partial charge < -0.3 is 4.90 Å². The van der Waals surface area contributed by atoms with Gasteiger partial charge in [0.05, 0.1) is 17.5 Å². The van der Waals surface area contributed by atoms with E-state index in [1.54, 1.807) is 12.1 Å². The molecule has 0 N–H and O–H groups in total. The van der Waals surface area contributed by atoms with E-state index in [4.69, 9.17) is 11.6 Å². The van der Waals surface area contributed by atoms with Crippen molar-refractivity contribution in [2.45, 2.75) is 31.6 Å². The first kappa shape index (κ1) is 17.8. The third-order valence-electron chi connectivity index (χ3n) is 4.41. The minimum atomic E-state index is -3.06. The number of carbonyl (C=O) groups excluding carboxylic acids is 1. The van der Waals surface area contributed by atoms with Crippen LogP contribution in [-0.4, -0.2) is 42.3 Å². The molecule has 0 bridgehead atoms. The first-order chi connectivity index (χ1) is 11.3. The molecule has 2 aliphatic rings. The van der Waals surface area contributed by atoms with Crippen molar-refractivity contribution in [3.63, 3.8) is 0 Å². The number of hydrogen-bond donors (Lipinski definition) is 0. The molecule has 0 unspecified atom stereocenters. The Balaban J connectivity index is 1.98. The molecule has 0 spiro atoms. The molecule has 0 aliphatic carbocycles. The summed E-state index contributed by atoms with van der Waals surface area (Å²) in [7, 11) is -3.06. The fraction of sp³-hybridized carbons (Fsp3) is 0.500. The van der Waals surface area contributed by atoms with Gasteiger partial charge in [0.1, 0.15) is 0 Å². The van der Waals surface area contributed by atoms with Crippen LogP contribution in [0.15, 0.2) is 29.3 Å². The van der Waals surface area contributed by atoms with E-state index >= 15 is 0 Å². The minimum Gasteiger partial charge on any atom is -0.316 e. The van der Waals surface area contributed by atoms with Crippen LogP contribution in [-0.2, 0) is 14.6 Å². The largest absolute Gasteiger partial charge is 0.316 e. The standard InChI is InChI=1S/C16H19ClN2O3S2/c1-3-10(2)15(20)18-16-19(12-6-4-11(17)5-7-12)13-8-24(21,22)9-14(13)23-16/h4-7,10,13-14H,3,8-9H2,1-2H3/t10-,13-,14-/m0/s1. The van der Waals surface area contributed by atoms with Gasteiger partial charge in [0.2, 0.25) is 0 Å². The van der Waals surface area contributed by atoms with E-state index in [1.165, 1.54) is 11.8 Å². The molecule has 1 aromatic rings. The molecule has 24 heavy (non-hydrogen) atoms. The third-order valence-corrected chi connectivity index (χ3v) is 7.87. The maximum atomic E-state index is 12.2. The summed E-state index contributed by atoms with van der Waals surface area (Å²) >= 11 is 7.34. The van der Waals surface area contributed by atoms with E-state index in [9.17, 15) is 13.2 Å². The molecule has 0 saturated carbocycles. The second kappa shape index (κ2) is 6.69. The number of carbonyl (C=O) groups is 1. The van der Waals surface area contributed by atoms with Crippen molar-refractivity contribution in [1.82, 2.24) is 0 Å². The fourth-order valence-corrected chi connectivity index (χ4v) is 6.89. The highest BCUT2D eigenvalue weighted by Gasteiger charge is 2.49. The number of sulfone groups is 1. The molecule has 2 saturated heterocycles. The first-order valence-corrected chi connectivity index (χ1v) is 10.9. The summed E-state index contributed by atoms with van der Waals surface area (Å²) in [5.74, 6) is -0.0941. The summed E-state index contributed by atoms with van der Waals surface area (Å²) < 4.78 is 24.0. The Kier molecular flexibility index (Phi) is 4.95. The molecule has 3 rings (SSSR count). The van der Waals surface area contributed by atoms with Crippen LogP contribution in [0, 0.1) is 5.92 Å². The Morgan fingerprint density at radius 2 is 2.04 bits per heavy atom. The molecule has 2 fully saturated rings. The van der Waals surface area contributed by atoms with Gasteiger partial charge in [-0.05, 0) is 30.7 Å². The maximum Gasteiger partial charge on any atom is 0.250 e. The predicted octanol–water partition coefficient (Wildman–Crippen LogP) is 2.99. The summed E-state index contributed by atoms with van der Waals surface area (Å²) in [6.07, 6.45) is 0.725. The average Bonchev–Trinajstić information content (AvgIpc) is 2.98. The fourth-order valence-electron chi connectivity index (χ4n) is 2.85. The normalized spacial score (nSPS) is 28.1. The van der Waals surface area contributed by atoms with Crippen molar-refractivity contribution in [2.75, 3.05) is 16.4 Å². The van der Waals surface area contributed by atoms with Gasteiger partial charge in [0.15, 0.2) is 15.0 Å². The van der Waals surface area contributed by atoms with Crippen LogP contribution in [0.25, 0.3) is 0 Å². The van der Waals surface area contributed by atoms with Crippen LogP contribution in [0.4, 0.5) is 5.69 Å². The van der Waals surface area contributed by atoms with Gasteiger partial charge in [-0.25, -0.2) is 8.42 Å². The maximum absolute atomic E-state index is 12.2. The zero-order valence-electron chi connectivity index (χ0n) is 13.5. The lowest BCUT2D eigenvalue weighted by Gasteiger charge is -2.24. The number of aliphatic imine (C=N–C) groups is 1. The summed E-state index contributed by atoms with van der Waals surface area (Å²) in [4.78, 5) is 18.4. The first-order valence-electron chi connectivity index (χ1n) is 7.85. The molecule has 0 radical (unpaired) electrons. The van der Waals surface area contributed by atoms with Gasteiger partial charge >= 0.3 is 0 Å². The molecular weight excluding hydrogens is 368 g/mol. The lowest BCUT2D eigenvalue weighted by molar-refractivity contribution is -0.121. The second-order valence-corrected chi connectivity index (χ2v) is 9.99. The molecular formula is C16H19ClN2O3S2. The predicted molar refractivity (Wildman–Crippen MR) is 99.6 cm³/mol. The van der Waals surface area contributed by atoms with E-state index in [0.717, 1.165) is 12.1 Å². The van der Waals surface area contributed by atoms with Gasteiger partial charge in [-0.1, -0.05) is 37.2 Å². The summed E-state index contributed by atoms with van der Waals surface area (Å²) in [5, 5.41) is 1.11. The lowest BCUT2D eigenvalue weighted by Crippen LogP contribution is -2.37. The molecule has 1 aromatic carbocycles. The zero-order chi connectivity index (χ0) is 17.5. The molecule has 3 atom stereocenters. The highest BCUT2D eigenvalue weighted by Crippen LogP contribution is 2.41. The zero-order valence-corrected chi connectivity index (χ0v) is 15.9. The quantitative estimate of drug-likeness (QED) is 0.798. The van der Waals surface area contributed by atoms with Gasteiger partial charge in [-0.15, -0.1) is 0 Å². The van der Waals surface area contributed by atoms with E-state index in [-0.39, 0.29) is 34.6 Å². The van der Waals surface area contributed by atoms with Gasteiger partial charge in [0.25, 0.3) is 5.91 Å². The average molecular weight is 387 g/mol. The van der Waals surface area contributed by atoms with Gasteiger partial charge in [0, 0.05) is 21.9 Å². The van der Waals surface area contributed by atoms with E-state index in [0.29, 0.717) is 10.2 Å². The SMILES string of the molecule is CC[C@H](C)C(=O)N=C1S[C@H]2CS(=O)(=O)C[C@@H]2N1c1ccc(Cl)cc1. The van der Waals surface area contributed by atoms with Crippen LogP contribution >= 0.6 is 23.4 Å². The molecule has 2 heterocycles. The Morgan fingerprint density at radius 3 is 2.67 bits per heavy atom. The summed E-state index contributed by atoms with van der Waals surface area (Å²) in [6.45, 7) is 3.80. The number of halogens is 1. The third kappa shape index (κ3) is 3.48. The second-order valence-electron chi connectivity index (χ2n) is 6.19. The number of nitrogens with zero attached hydrogens (tertiary/aromatic N) is 2. The minimum absolute atomic E-state index is 0.0871. The topological polar surface area (TPSA) is 66.8 Å². The number of thioether (sulfide) groups is 1. The van der Waals surface area contributed by atoms with E-state index < -0.39 is 9.84 Å². The van der Waals surface area contributed by atoms with Crippen molar-refractivity contribution >= 4 is 50.0 Å². The van der Waals surface area contributed by atoms with Crippen molar-refractivity contribution in [3.8, 4) is 0 Å². The van der Waals surface area contributed by atoms with Crippen molar-refractivity contribution < 1.29 is 13.2 Å². The Labute approximate surface area is 151 Å². The molecule has 8 heteroatoms. The molecule has 0 aromatic heterocycles. The Bertz CT molecular complexity index is 777. The molecule has 5 nitrogen and oxygen atoms in total. The van der Waals surface area contributed by atoms with Crippen LogP contribution < -0.4 is 4.90 Å². The lowest BCUT2D eigenvalue weighted by atomic mass is 10.1. The Hall–Kier alpha value is -1.05. The number of benzene rings is 1. The van der Waals surface area contributed by atoms with E-state index in [1.807, 2.05) is 30.9 Å². The summed E-state index contributed by atoms with van der Waals surface area (Å²) in [5.41, 5.74) is 0.812. The monoisotopic (exact) mass is 386 g/mol. The molecule has 130 valence electrons. The number of fused-ring (bicyclic) bond motifs is 1. The molecule has 2 aliphatic heterocycles. The summed E-state index contributed by atoms with van der Waals surface area (Å²) in [6, 6.07) is 6.99. The van der Waals surface area contributed by atoms with E-state index in [2.05, 4.69) is 4.99 Å². The van der Waals surface area contributed by atoms with Crippen LogP contribution in [0.5, 0.6) is 0 Å². The Morgan fingerprint density at radius 1 is 1.38 bits per heavy atom. The van der Waals surface area contributed by atoms with Gasteiger partial charge in [-0.3, -0.25) is 4.79 Å². The smallest absolute Gasteiger partial charge is 0.250 e. The number of amidine groups is 1. The van der Waals surface area contributed by atoms with Crippen LogP contribution in [0.2, 0.25) is 5.02 Å². The van der Waals surface area contributed by atoms with Crippen molar-refractivity contribution in [1.29, 1.82) is 0 Å². The highest BCUT2D eigenvalue weighted by molar-refractivity contribution is 8.16. The van der Waals surface area contributed by atoms with Crippen LogP contribution in [0.3, 0.4) is 0 Å².